The van der Waals surface area contributed by atoms with Crippen molar-refractivity contribution in [3.8, 4) is 11.4 Å². The maximum atomic E-state index is 13.2. The molecule has 0 fully saturated rings. The van der Waals surface area contributed by atoms with Crippen LogP contribution >= 0.6 is 0 Å². The fourth-order valence-corrected chi connectivity index (χ4v) is 3.33. The molecule has 28 heavy (non-hydrogen) atoms. The number of aromatic nitrogens is 2. The molecule has 0 saturated carbocycles. The first-order valence-electron chi connectivity index (χ1n) is 8.87. The molecule has 142 valence electrons. The summed E-state index contributed by atoms with van der Waals surface area (Å²) < 4.78 is 19.5. The minimum absolute atomic E-state index is 0.0470. The predicted molar refractivity (Wildman–Crippen MR) is 101 cm³/mol. The van der Waals surface area contributed by atoms with Crippen molar-refractivity contribution in [3.63, 3.8) is 0 Å². The van der Waals surface area contributed by atoms with Gasteiger partial charge in [0.15, 0.2) is 11.4 Å². The smallest absolute Gasteiger partial charge is 0.278 e. The Morgan fingerprint density at radius 3 is 2.54 bits per heavy atom. The summed E-state index contributed by atoms with van der Waals surface area (Å²) in [6.07, 6.45) is 0.752. The van der Waals surface area contributed by atoms with Gasteiger partial charge in [0.25, 0.3) is 11.5 Å². The number of fused-ring (bicyclic) bond motifs is 1. The molecule has 1 aliphatic rings. The number of hydrogen-bond donors (Lipinski definition) is 0. The Kier molecular flexibility index (Phi) is 4.65. The summed E-state index contributed by atoms with van der Waals surface area (Å²) in [5, 5.41) is 4.24. The van der Waals surface area contributed by atoms with Gasteiger partial charge in [0.05, 0.1) is 18.9 Å². The number of hydrogen-bond acceptors (Lipinski definition) is 4. The zero-order chi connectivity index (χ0) is 19.7. The van der Waals surface area contributed by atoms with Crippen molar-refractivity contribution >= 4 is 5.91 Å². The van der Waals surface area contributed by atoms with Gasteiger partial charge in [-0.05, 0) is 41.8 Å². The summed E-state index contributed by atoms with van der Waals surface area (Å²) in [6.45, 7) is 1.02. The molecule has 0 bridgehead atoms. The van der Waals surface area contributed by atoms with Gasteiger partial charge in [-0.2, -0.15) is 9.78 Å². The average molecular weight is 379 g/mol. The van der Waals surface area contributed by atoms with E-state index in [9.17, 15) is 14.0 Å². The van der Waals surface area contributed by atoms with Gasteiger partial charge in [-0.1, -0.05) is 24.3 Å². The van der Waals surface area contributed by atoms with Gasteiger partial charge in [-0.15, -0.1) is 0 Å². The lowest BCUT2D eigenvalue weighted by atomic mass is 10.00. The van der Waals surface area contributed by atoms with Crippen LogP contribution in [0.2, 0.25) is 0 Å². The molecule has 0 saturated heterocycles. The van der Waals surface area contributed by atoms with Gasteiger partial charge < -0.3 is 9.64 Å². The molecule has 0 aliphatic carbocycles. The number of ether oxygens (including phenoxy) is 1. The van der Waals surface area contributed by atoms with Gasteiger partial charge in [0.1, 0.15) is 5.82 Å². The van der Waals surface area contributed by atoms with Crippen LogP contribution in [-0.2, 0) is 13.0 Å². The number of benzene rings is 2. The molecule has 2 heterocycles. The van der Waals surface area contributed by atoms with Crippen LogP contribution in [0.5, 0.6) is 5.75 Å². The molecule has 1 amide bonds. The SMILES string of the molecule is COc1cc(=O)n(-c2ccc(F)cc2)nc1C(=O)N1CCc2ccccc2C1. The third-order valence-corrected chi connectivity index (χ3v) is 4.81. The number of halogens is 1. The molecule has 1 aromatic heterocycles. The Morgan fingerprint density at radius 2 is 1.82 bits per heavy atom. The second-order valence-corrected chi connectivity index (χ2v) is 6.53. The number of methoxy groups -OCH3 is 1. The van der Waals surface area contributed by atoms with Crippen molar-refractivity contribution in [2.24, 2.45) is 0 Å². The lowest BCUT2D eigenvalue weighted by Gasteiger charge is -2.29. The number of nitrogens with zero attached hydrogens (tertiary/aromatic N) is 3. The number of carbonyl (C=O) groups excluding carboxylic acids is 1. The lowest BCUT2D eigenvalue weighted by molar-refractivity contribution is 0.0722. The van der Waals surface area contributed by atoms with E-state index in [4.69, 9.17) is 4.74 Å². The molecule has 1 aliphatic heterocycles. The van der Waals surface area contributed by atoms with Crippen molar-refractivity contribution in [1.29, 1.82) is 0 Å². The van der Waals surface area contributed by atoms with Gasteiger partial charge in [0.2, 0.25) is 0 Å². The van der Waals surface area contributed by atoms with Crippen molar-refractivity contribution in [3.05, 3.63) is 87.6 Å². The van der Waals surface area contributed by atoms with E-state index in [1.807, 2.05) is 18.2 Å². The monoisotopic (exact) mass is 379 g/mol. The third kappa shape index (κ3) is 3.26. The number of rotatable bonds is 3. The van der Waals surface area contributed by atoms with Crippen LogP contribution in [0, 0.1) is 5.82 Å². The molecule has 0 spiro atoms. The van der Waals surface area contributed by atoms with Gasteiger partial charge in [-0.3, -0.25) is 9.59 Å². The molecule has 0 radical (unpaired) electrons. The lowest BCUT2D eigenvalue weighted by Crippen LogP contribution is -2.37. The zero-order valence-corrected chi connectivity index (χ0v) is 15.3. The standard InChI is InChI=1S/C21H18FN3O3/c1-28-18-12-19(26)25(17-8-6-16(22)7-9-17)23-20(18)21(27)24-11-10-14-4-2-3-5-15(14)13-24/h2-9,12H,10-11,13H2,1H3. The summed E-state index contributed by atoms with van der Waals surface area (Å²) in [6, 6.07) is 14.5. The molecule has 7 heteroatoms. The first-order chi connectivity index (χ1) is 13.6. The van der Waals surface area contributed by atoms with Crippen molar-refractivity contribution in [1.82, 2.24) is 14.7 Å². The highest BCUT2D eigenvalue weighted by molar-refractivity contribution is 5.95. The van der Waals surface area contributed by atoms with Crippen molar-refractivity contribution in [2.45, 2.75) is 13.0 Å². The first-order valence-corrected chi connectivity index (χ1v) is 8.87. The number of carbonyl (C=O) groups is 1. The second-order valence-electron chi connectivity index (χ2n) is 6.53. The molecular weight excluding hydrogens is 361 g/mol. The zero-order valence-electron chi connectivity index (χ0n) is 15.3. The van der Waals surface area contributed by atoms with Gasteiger partial charge >= 0.3 is 0 Å². The summed E-state index contributed by atoms with van der Waals surface area (Å²) in [5.41, 5.74) is 2.26. The van der Waals surface area contributed by atoms with E-state index in [1.165, 1.54) is 43.0 Å². The Balaban J connectivity index is 1.72. The Morgan fingerprint density at radius 1 is 1.11 bits per heavy atom. The molecular formula is C21H18FN3O3. The normalized spacial score (nSPS) is 13.1. The topological polar surface area (TPSA) is 64.4 Å². The van der Waals surface area contributed by atoms with Crippen LogP contribution in [0.4, 0.5) is 4.39 Å². The quantitative estimate of drug-likeness (QED) is 0.702. The van der Waals surface area contributed by atoms with Gasteiger partial charge in [-0.25, -0.2) is 4.39 Å². The third-order valence-electron chi connectivity index (χ3n) is 4.81. The highest BCUT2D eigenvalue weighted by Gasteiger charge is 2.26. The fourth-order valence-electron chi connectivity index (χ4n) is 3.33. The minimum Gasteiger partial charge on any atom is -0.494 e. The molecule has 4 rings (SSSR count). The maximum Gasteiger partial charge on any atom is 0.278 e. The summed E-state index contributed by atoms with van der Waals surface area (Å²) >= 11 is 0. The fraction of sp³-hybridized carbons (Fsp3) is 0.190. The molecule has 3 aromatic rings. The maximum absolute atomic E-state index is 13.2. The van der Waals surface area contributed by atoms with E-state index in [-0.39, 0.29) is 17.4 Å². The average Bonchev–Trinajstić information content (AvgIpc) is 2.73. The molecule has 0 atom stereocenters. The highest BCUT2D eigenvalue weighted by Crippen LogP contribution is 2.23. The highest BCUT2D eigenvalue weighted by atomic mass is 19.1. The van der Waals surface area contributed by atoms with E-state index >= 15 is 0 Å². The van der Waals surface area contributed by atoms with Crippen LogP contribution in [0.15, 0.2) is 59.4 Å². The van der Waals surface area contributed by atoms with E-state index in [0.29, 0.717) is 18.8 Å². The van der Waals surface area contributed by atoms with Crippen molar-refractivity contribution in [2.75, 3.05) is 13.7 Å². The molecule has 0 unspecified atom stereocenters. The summed E-state index contributed by atoms with van der Waals surface area (Å²) in [5.74, 6) is -0.622. The van der Waals surface area contributed by atoms with Crippen LogP contribution in [0.1, 0.15) is 21.6 Å². The molecule has 6 nitrogen and oxygen atoms in total. The Labute approximate surface area is 160 Å². The summed E-state index contributed by atoms with van der Waals surface area (Å²) in [4.78, 5) is 27.2. The number of amides is 1. The molecule has 0 N–H and O–H groups in total. The van der Waals surface area contributed by atoms with E-state index in [1.54, 1.807) is 4.90 Å². The second kappa shape index (κ2) is 7.26. The van der Waals surface area contributed by atoms with E-state index in [0.717, 1.165) is 16.7 Å². The first kappa shape index (κ1) is 17.9. The van der Waals surface area contributed by atoms with Crippen LogP contribution in [0.3, 0.4) is 0 Å². The Bertz CT molecular complexity index is 1090. The van der Waals surface area contributed by atoms with E-state index in [2.05, 4.69) is 11.2 Å². The van der Waals surface area contributed by atoms with Crippen molar-refractivity contribution < 1.29 is 13.9 Å². The molecule has 2 aromatic carbocycles. The van der Waals surface area contributed by atoms with Gasteiger partial charge in [0, 0.05) is 13.1 Å². The Hall–Kier alpha value is -3.48. The van der Waals surface area contributed by atoms with Crippen LogP contribution in [-0.4, -0.2) is 34.2 Å². The van der Waals surface area contributed by atoms with E-state index < -0.39 is 11.4 Å². The van der Waals surface area contributed by atoms with Crippen LogP contribution < -0.4 is 10.3 Å². The largest absolute Gasteiger partial charge is 0.494 e. The predicted octanol–water partition coefficient (Wildman–Crippen LogP) is 2.58. The van der Waals surface area contributed by atoms with Crippen LogP contribution in [0.25, 0.3) is 5.69 Å². The summed E-state index contributed by atoms with van der Waals surface area (Å²) in [7, 11) is 1.39. The minimum atomic E-state index is -0.469.